The van der Waals surface area contributed by atoms with Crippen molar-refractivity contribution in [2.45, 2.75) is 76.5 Å². The fourth-order valence-corrected chi connectivity index (χ4v) is 4.59. The molecule has 0 aromatic carbocycles. The Labute approximate surface area is 171 Å². The van der Waals surface area contributed by atoms with Crippen molar-refractivity contribution in [1.29, 1.82) is 0 Å². The van der Waals surface area contributed by atoms with Crippen LogP contribution >= 0.6 is 22.6 Å². The van der Waals surface area contributed by atoms with Crippen LogP contribution in [0.15, 0.2) is 10.2 Å². The summed E-state index contributed by atoms with van der Waals surface area (Å²) in [6.45, 7) is 7.44. The van der Waals surface area contributed by atoms with Crippen LogP contribution in [-0.2, 0) is 28.5 Å². The summed E-state index contributed by atoms with van der Waals surface area (Å²) in [6.07, 6.45) is 6.82. The van der Waals surface area contributed by atoms with Crippen LogP contribution < -0.4 is 0 Å². The van der Waals surface area contributed by atoms with E-state index in [1.165, 1.54) is 0 Å². The van der Waals surface area contributed by atoms with Crippen LogP contribution in [0.4, 0.5) is 0 Å². The lowest BCUT2D eigenvalue weighted by Crippen LogP contribution is -2.22. The van der Waals surface area contributed by atoms with Gasteiger partial charge in [0.1, 0.15) is 0 Å². The minimum absolute atomic E-state index is 0.0816. The first-order valence-electron chi connectivity index (χ1n) is 9.33. The van der Waals surface area contributed by atoms with Gasteiger partial charge in [0, 0.05) is 6.42 Å². The largest absolute Gasteiger partial charge is 0.375 e. The van der Waals surface area contributed by atoms with Crippen LogP contribution in [0.5, 0.6) is 0 Å². The van der Waals surface area contributed by atoms with E-state index in [-0.39, 0.29) is 24.6 Å². The highest BCUT2D eigenvalue weighted by Gasteiger charge is 2.33. The summed E-state index contributed by atoms with van der Waals surface area (Å²) in [5.74, 6) is 0.462. The van der Waals surface area contributed by atoms with Crippen molar-refractivity contribution in [3.8, 4) is 0 Å². The van der Waals surface area contributed by atoms with Crippen molar-refractivity contribution in [1.82, 2.24) is 0 Å². The van der Waals surface area contributed by atoms with Gasteiger partial charge in [0.05, 0.1) is 37.8 Å². The summed E-state index contributed by atoms with van der Waals surface area (Å²) >= 11 is 2.17. The zero-order valence-electron chi connectivity index (χ0n) is 15.7. The average molecular weight is 502 g/mol. The molecule has 0 radical (unpaired) electrons. The standard InChI is InChI=1S/C18H31IO6S/c1-13-12-16(7-9-18-22-10-11-23-18)24-17(13)8-6-15(5-4-14(2)19)25-26(3,20)21/h13,15-18H,2,4-12H2,1,3H3/t13?,15-,16-,17-/m0/s1. The first-order valence-corrected chi connectivity index (χ1v) is 12.2. The van der Waals surface area contributed by atoms with Crippen molar-refractivity contribution in [2.75, 3.05) is 19.5 Å². The van der Waals surface area contributed by atoms with E-state index in [0.717, 1.165) is 41.9 Å². The van der Waals surface area contributed by atoms with Gasteiger partial charge < -0.3 is 14.2 Å². The van der Waals surface area contributed by atoms with E-state index in [4.69, 9.17) is 18.4 Å². The second-order valence-electron chi connectivity index (χ2n) is 7.31. The van der Waals surface area contributed by atoms with Gasteiger partial charge in [0.2, 0.25) is 0 Å². The Kier molecular flexibility index (Phi) is 9.29. The molecule has 0 amide bonds. The van der Waals surface area contributed by atoms with Gasteiger partial charge in [-0.3, -0.25) is 4.18 Å². The minimum atomic E-state index is -3.46. The summed E-state index contributed by atoms with van der Waals surface area (Å²) in [5, 5.41) is 0. The van der Waals surface area contributed by atoms with Gasteiger partial charge >= 0.3 is 0 Å². The second kappa shape index (κ2) is 10.7. The Bertz CT molecular complexity index is 546. The highest BCUT2D eigenvalue weighted by Crippen LogP contribution is 2.33. The van der Waals surface area contributed by atoms with E-state index < -0.39 is 10.1 Å². The quantitative estimate of drug-likeness (QED) is 0.316. The average Bonchev–Trinajstić information content (AvgIpc) is 3.16. The van der Waals surface area contributed by atoms with Crippen LogP contribution in [-0.4, -0.2) is 52.5 Å². The highest BCUT2D eigenvalue weighted by atomic mass is 127. The SMILES string of the molecule is C=C(I)CC[C@@H](CC[C@@H]1O[C@@H](CCC2OCCO2)CC1C)OS(C)(=O)=O. The Hall–Kier alpha value is 0.260. The van der Waals surface area contributed by atoms with Gasteiger partial charge in [0.25, 0.3) is 10.1 Å². The Morgan fingerprint density at radius 1 is 1.23 bits per heavy atom. The van der Waals surface area contributed by atoms with Crippen LogP contribution in [0, 0.1) is 5.92 Å². The van der Waals surface area contributed by atoms with Crippen molar-refractivity contribution < 1.29 is 26.8 Å². The van der Waals surface area contributed by atoms with Crippen LogP contribution in [0.25, 0.3) is 0 Å². The third-order valence-electron chi connectivity index (χ3n) is 4.87. The van der Waals surface area contributed by atoms with E-state index in [1.807, 2.05) is 0 Å². The maximum Gasteiger partial charge on any atom is 0.264 e. The van der Waals surface area contributed by atoms with Gasteiger partial charge in [-0.15, -0.1) is 0 Å². The fraction of sp³-hybridized carbons (Fsp3) is 0.889. The van der Waals surface area contributed by atoms with Gasteiger partial charge in [0.15, 0.2) is 6.29 Å². The third-order valence-corrected chi connectivity index (χ3v) is 6.03. The number of ether oxygens (including phenoxy) is 3. The lowest BCUT2D eigenvalue weighted by atomic mass is 9.95. The first-order chi connectivity index (χ1) is 12.2. The van der Waals surface area contributed by atoms with Gasteiger partial charge in [-0.05, 0) is 70.6 Å². The third kappa shape index (κ3) is 8.52. The minimum Gasteiger partial charge on any atom is -0.375 e. The summed E-state index contributed by atoms with van der Waals surface area (Å²) in [5.41, 5.74) is 0. The first kappa shape index (κ1) is 22.5. The maximum absolute atomic E-state index is 11.5. The molecule has 2 saturated heterocycles. The monoisotopic (exact) mass is 502 g/mol. The molecule has 2 aliphatic heterocycles. The number of hydrogen-bond donors (Lipinski definition) is 0. The molecule has 2 rings (SSSR count). The second-order valence-corrected chi connectivity index (χ2v) is 10.4. The molecule has 8 heteroatoms. The smallest absolute Gasteiger partial charge is 0.264 e. The van der Waals surface area contributed by atoms with E-state index in [9.17, 15) is 8.42 Å². The molecule has 152 valence electrons. The Balaban J connectivity index is 1.76. The van der Waals surface area contributed by atoms with Gasteiger partial charge in [-0.1, -0.05) is 13.5 Å². The number of hydrogen-bond acceptors (Lipinski definition) is 6. The normalized spacial score (nSPS) is 28.5. The highest BCUT2D eigenvalue weighted by molar-refractivity contribution is 14.1. The Morgan fingerprint density at radius 2 is 1.92 bits per heavy atom. The lowest BCUT2D eigenvalue weighted by molar-refractivity contribution is -0.0596. The van der Waals surface area contributed by atoms with Crippen LogP contribution in [0.3, 0.4) is 0 Å². The zero-order chi connectivity index (χ0) is 19.2. The van der Waals surface area contributed by atoms with Gasteiger partial charge in [-0.2, -0.15) is 8.42 Å². The Morgan fingerprint density at radius 3 is 2.54 bits per heavy atom. The molecule has 6 nitrogen and oxygen atoms in total. The van der Waals surface area contributed by atoms with Crippen LogP contribution in [0.1, 0.15) is 51.9 Å². The molecule has 2 fully saturated rings. The summed E-state index contributed by atoms with van der Waals surface area (Å²) in [7, 11) is -3.46. The summed E-state index contributed by atoms with van der Waals surface area (Å²) in [4.78, 5) is 0. The van der Waals surface area contributed by atoms with Crippen molar-refractivity contribution in [2.24, 2.45) is 5.92 Å². The molecule has 0 saturated carbocycles. The molecule has 0 bridgehead atoms. The molecule has 1 unspecified atom stereocenters. The summed E-state index contributed by atoms with van der Waals surface area (Å²) in [6, 6.07) is 0. The molecule has 0 aromatic heterocycles. The van der Waals surface area contributed by atoms with E-state index in [0.29, 0.717) is 32.0 Å². The molecular weight excluding hydrogens is 471 g/mol. The van der Waals surface area contributed by atoms with Crippen molar-refractivity contribution in [3.63, 3.8) is 0 Å². The lowest BCUT2D eigenvalue weighted by Gasteiger charge is -2.20. The van der Waals surface area contributed by atoms with E-state index in [2.05, 4.69) is 36.1 Å². The van der Waals surface area contributed by atoms with E-state index in [1.54, 1.807) is 0 Å². The number of allylic oxidation sites excluding steroid dienone is 1. The fourth-order valence-electron chi connectivity index (χ4n) is 3.59. The van der Waals surface area contributed by atoms with E-state index >= 15 is 0 Å². The molecule has 0 spiro atoms. The summed E-state index contributed by atoms with van der Waals surface area (Å²) < 4.78 is 46.4. The van der Waals surface area contributed by atoms with Crippen molar-refractivity contribution in [3.05, 3.63) is 10.2 Å². The number of rotatable bonds is 11. The topological polar surface area (TPSA) is 71.1 Å². The van der Waals surface area contributed by atoms with Crippen LogP contribution in [0.2, 0.25) is 0 Å². The molecule has 2 aliphatic rings. The molecular formula is C18H31IO6S. The molecule has 4 atom stereocenters. The molecule has 2 heterocycles. The predicted octanol–water partition coefficient (Wildman–Crippen LogP) is 3.79. The molecule has 0 aliphatic carbocycles. The van der Waals surface area contributed by atoms with Gasteiger partial charge in [-0.25, -0.2) is 0 Å². The molecule has 0 aromatic rings. The predicted molar refractivity (Wildman–Crippen MR) is 109 cm³/mol. The molecule has 0 N–H and O–H groups in total. The maximum atomic E-state index is 11.5. The molecule has 26 heavy (non-hydrogen) atoms. The van der Waals surface area contributed by atoms with Crippen molar-refractivity contribution >= 4 is 32.7 Å². The zero-order valence-corrected chi connectivity index (χ0v) is 18.7. The number of halogens is 1.